The Morgan fingerprint density at radius 3 is 1.18 bits per heavy atom. The van der Waals surface area contributed by atoms with Gasteiger partial charge < -0.3 is 0 Å². The van der Waals surface area contributed by atoms with Crippen molar-refractivity contribution in [3.63, 3.8) is 0 Å². The maximum absolute atomic E-state index is 9.54. The van der Waals surface area contributed by atoms with Crippen molar-refractivity contribution in [2.24, 2.45) is 0 Å². The highest BCUT2D eigenvalue weighted by Gasteiger charge is 2.35. The minimum atomic E-state index is -0.432. The summed E-state index contributed by atoms with van der Waals surface area (Å²) in [6.07, 6.45) is 0.408. The van der Waals surface area contributed by atoms with Crippen LogP contribution in [0.15, 0.2) is 91.0 Å². The molecule has 3 aromatic carbocycles. The van der Waals surface area contributed by atoms with Gasteiger partial charge in [-0.05, 0) is 16.7 Å². The molecule has 0 N–H and O–H groups in total. The molecule has 0 bridgehead atoms. The third-order valence-electron chi connectivity index (χ3n) is 4.14. The zero-order chi connectivity index (χ0) is 15.3. The van der Waals surface area contributed by atoms with Crippen molar-refractivity contribution >= 4 is 0 Å². The van der Waals surface area contributed by atoms with Crippen LogP contribution in [-0.4, -0.2) is 0 Å². The molecule has 0 saturated carbocycles. The second-order valence-corrected chi connectivity index (χ2v) is 5.34. The Morgan fingerprint density at radius 1 is 0.591 bits per heavy atom. The van der Waals surface area contributed by atoms with Crippen LogP contribution in [0.2, 0.25) is 0 Å². The summed E-state index contributed by atoms with van der Waals surface area (Å²) in [5, 5.41) is 9.54. The molecule has 3 rings (SSSR count). The summed E-state index contributed by atoms with van der Waals surface area (Å²) in [4.78, 5) is 0. The largest absolute Gasteiger partial charge is 0.198 e. The molecule has 1 heteroatoms. The van der Waals surface area contributed by atoms with Crippen LogP contribution in [0.25, 0.3) is 0 Å². The van der Waals surface area contributed by atoms with E-state index in [1.54, 1.807) is 0 Å². The molecule has 0 saturated heterocycles. The van der Waals surface area contributed by atoms with Crippen molar-refractivity contribution in [1.29, 1.82) is 5.26 Å². The van der Waals surface area contributed by atoms with Crippen LogP contribution < -0.4 is 0 Å². The Kier molecular flexibility index (Phi) is 4.03. The van der Waals surface area contributed by atoms with Gasteiger partial charge in [0.05, 0.1) is 17.9 Å². The Hall–Kier alpha value is -2.85. The molecule has 0 spiro atoms. The summed E-state index contributed by atoms with van der Waals surface area (Å²) >= 11 is 0. The van der Waals surface area contributed by atoms with Crippen molar-refractivity contribution in [2.45, 2.75) is 11.8 Å². The van der Waals surface area contributed by atoms with E-state index in [0.29, 0.717) is 6.42 Å². The molecule has 0 heterocycles. The summed E-state index contributed by atoms with van der Waals surface area (Å²) in [7, 11) is 0. The van der Waals surface area contributed by atoms with E-state index in [2.05, 4.69) is 42.5 Å². The highest BCUT2D eigenvalue weighted by atomic mass is 14.4. The maximum atomic E-state index is 9.54. The fourth-order valence-corrected chi connectivity index (χ4v) is 3.09. The monoisotopic (exact) mass is 283 g/mol. The van der Waals surface area contributed by atoms with Crippen molar-refractivity contribution in [1.82, 2.24) is 0 Å². The van der Waals surface area contributed by atoms with Gasteiger partial charge in [0, 0.05) is 0 Å². The molecule has 0 atom stereocenters. The minimum Gasteiger partial charge on any atom is -0.198 e. The second kappa shape index (κ2) is 6.28. The van der Waals surface area contributed by atoms with Gasteiger partial charge in [-0.2, -0.15) is 5.26 Å². The van der Waals surface area contributed by atoms with E-state index in [-0.39, 0.29) is 0 Å². The lowest BCUT2D eigenvalue weighted by Crippen LogP contribution is -2.28. The highest BCUT2D eigenvalue weighted by Crippen LogP contribution is 2.41. The first-order valence-corrected chi connectivity index (χ1v) is 7.41. The molecule has 0 radical (unpaired) electrons. The fourth-order valence-electron chi connectivity index (χ4n) is 3.09. The average Bonchev–Trinajstić information content (AvgIpc) is 2.62. The van der Waals surface area contributed by atoms with Crippen LogP contribution in [0.1, 0.15) is 23.1 Å². The lowest BCUT2D eigenvalue weighted by Gasteiger charge is -2.33. The predicted molar refractivity (Wildman–Crippen MR) is 89.4 cm³/mol. The van der Waals surface area contributed by atoms with Gasteiger partial charge in [0.2, 0.25) is 0 Å². The van der Waals surface area contributed by atoms with Gasteiger partial charge in [-0.25, -0.2) is 0 Å². The number of hydrogen-bond donors (Lipinski definition) is 0. The summed E-state index contributed by atoms with van der Waals surface area (Å²) in [6.45, 7) is 0. The van der Waals surface area contributed by atoms with Crippen LogP contribution in [0.3, 0.4) is 0 Å². The molecule has 0 unspecified atom stereocenters. The van der Waals surface area contributed by atoms with Crippen LogP contribution in [-0.2, 0) is 5.41 Å². The predicted octanol–water partition coefficient (Wildman–Crippen LogP) is 4.93. The molecule has 106 valence electrons. The van der Waals surface area contributed by atoms with Crippen molar-refractivity contribution in [3.8, 4) is 6.07 Å². The van der Waals surface area contributed by atoms with E-state index >= 15 is 0 Å². The number of hydrogen-bond acceptors (Lipinski definition) is 1. The summed E-state index contributed by atoms with van der Waals surface area (Å²) in [6, 6.07) is 33.3. The van der Waals surface area contributed by atoms with E-state index in [4.69, 9.17) is 0 Å². The molecule has 0 aliphatic carbocycles. The first-order valence-electron chi connectivity index (χ1n) is 7.41. The van der Waals surface area contributed by atoms with Crippen molar-refractivity contribution in [2.75, 3.05) is 0 Å². The molecule has 3 aromatic rings. The lowest BCUT2D eigenvalue weighted by molar-refractivity contribution is 0.634. The van der Waals surface area contributed by atoms with Gasteiger partial charge in [-0.15, -0.1) is 0 Å². The molecule has 1 nitrogen and oxygen atoms in total. The molecule has 0 aliphatic rings. The number of benzene rings is 3. The lowest BCUT2D eigenvalue weighted by atomic mass is 9.67. The number of rotatable bonds is 4. The molecule has 0 amide bonds. The molecular weight excluding hydrogens is 266 g/mol. The summed E-state index contributed by atoms with van der Waals surface area (Å²) in [5.41, 5.74) is 3.01. The van der Waals surface area contributed by atoms with E-state index in [9.17, 15) is 5.26 Å². The third-order valence-corrected chi connectivity index (χ3v) is 4.14. The second-order valence-electron chi connectivity index (χ2n) is 5.34. The van der Waals surface area contributed by atoms with E-state index in [1.807, 2.05) is 54.6 Å². The van der Waals surface area contributed by atoms with Gasteiger partial charge in [-0.1, -0.05) is 91.0 Å². The molecule has 22 heavy (non-hydrogen) atoms. The van der Waals surface area contributed by atoms with E-state index in [1.165, 1.54) is 0 Å². The zero-order valence-corrected chi connectivity index (χ0v) is 12.3. The third kappa shape index (κ3) is 2.40. The number of nitriles is 1. The SMILES string of the molecule is N#CCC(c1ccccc1)(c1ccccc1)c1ccccc1. The van der Waals surface area contributed by atoms with Crippen LogP contribution >= 0.6 is 0 Å². The van der Waals surface area contributed by atoms with Gasteiger partial charge in [0.15, 0.2) is 0 Å². The Morgan fingerprint density at radius 2 is 0.909 bits per heavy atom. The van der Waals surface area contributed by atoms with Crippen LogP contribution in [0, 0.1) is 11.3 Å². The zero-order valence-electron chi connectivity index (χ0n) is 12.3. The highest BCUT2D eigenvalue weighted by molar-refractivity contribution is 5.51. The van der Waals surface area contributed by atoms with Gasteiger partial charge in [0.25, 0.3) is 0 Å². The molecule has 0 aromatic heterocycles. The van der Waals surface area contributed by atoms with E-state index in [0.717, 1.165) is 16.7 Å². The van der Waals surface area contributed by atoms with Crippen molar-refractivity contribution in [3.05, 3.63) is 108 Å². The summed E-state index contributed by atoms with van der Waals surface area (Å²) in [5.74, 6) is 0. The molecular formula is C21H17N. The Bertz CT molecular complexity index is 659. The Labute approximate surface area is 131 Å². The standard InChI is InChI=1S/C21H17N/c22-17-16-21(18-10-4-1-5-11-18,19-12-6-2-7-13-19)20-14-8-3-9-15-20/h1-15H,16H2. The first kappa shape index (κ1) is 14.1. The topological polar surface area (TPSA) is 23.8 Å². The van der Waals surface area contributed by atoms with Gasteiger partial charge in [-0.3, -0.25) is 0 Å². The number of nitrogens with zero attached hydrogens (tertiary/aromatic N) is 1. The molecule has 0 aliphatic heterocycles. The average molecular weight is 283 g/mol. The fraction of sp³-hybridized carbons (Fsp3) is 0.0952. The van der Waals surface area contributed by atoms with Gasteiger partial charge >= 0.3 is 0 Å². The first-order chi connectivity index (χ1) is 10.9. The maximum Gasteiger partial charge on any atom is 0.0638 e. The quantitative estimate of drug-likeness (QED) is 0.622. The smallest absolute Gasteiger partial charge is 0.0638 e. The van der Waals surface area contributed by atoms with E-state index < -0.39 is 5.41 Å². The van der Waals surface area contributed by atoms with Crippen molar-refractivity contribution < 1.29 is 0 Å². The summed E-state index contributed by atoms with van der Waals surface area (Å²) < 4.78 is 0. The normalized spacial score (nSPS) is 10.9. The molecule has 0 fully saturated rings. The Balaban J connectivity index is 2.32. The van der Waals surface area contributed by atoms with Crippen LogP contribution in [0.5, 0.6) is 0 Å². The van der Waals surface area contributed by atoms with Gasteiger partial charge in [0.1, 0.15) is 0 Å². The minimum absolute atomic E-state index is 0.408. The van der Waals surface area contributed by atoms with Crippen LogP contribution in [0.4, 0.5) is 0 Å².